The largest absolute Gasteiger partial charge is 0.441 e. The summed E-state index contributed by atoms with van der Waals surface area (Å²) in [6.45, 7) is 1.88. The van der Waals surface area contributed by atoms with Crippen molar-refractivity contribution in [3.05, 3.63) is 0 Å². The van der Waals surface area contributed by atoms with E-state index in [1.807, 2.05) is 4.90 Å². The fourth-order valence-corrected chi connectivity index (χ4v) is 8.34. The first kappa shape index (κ1) is 23.4. The van der Waals surface area contributed by atoms with Crippen molar-refractivity contribution in [3.8, 4) is 0 Å². The molecule has 5 rings (SSSR count). The van der Waals surface area contributed by atoms with Crippen molar-refractivity contribution in [2.75, 3.05) is 40.2 Å². The standard InChI is InChI=1S/C25H40N2O6/c1-31-17-32-16-24-11-8-6-4-2-3-5-7-9-21(29)26-12-10-19-18(13-24)14-27-23(30)33-20(15-28)25(19,27)22(24)26/h18-20,22,28H,2-17H2,1H3/t18-,19+,20+,22-,24+,25+/m0/s1. The molecule has 0 unspecified atom stereocenters. The molecule has 186 valence electrons. The summed E-state index contributed by atoms with van der Waals surface area (Å²) in [5.41, 5.74) is -0.931. The predicted molar refractivity (Wildman–Crippen MR) is 120 cm³/mol. The van der Waals surface area contributed by atoms with Gasteiger partial charge < -0.3 is 24.2 Å². The van der Waals surface area contributed by atoms with E-state index in [0.717, 1.165) is 45.1 Å². The van der Waals surface area contributed by atoms with E-state index >= 15 is 0 Å². The lowest BCUT2D eigenvalue weighted by atomic mass is 9.51. The Morgan fingerprint density at radius 2 is 1.88 bits per heavy atom. The highest BCUT2D eigenvalue weighted by molar-refractivity contribution is 5.79. The molecule has 5 aliphatic rings. The van der Waals surface area contributed by atoms with Gasteiger partial charge in [0.2, 0.25) is 5.91 Å². The number of hydrogen-bond donors (Lipinski definition) is 1. The van der Waals surface area contributed by atoms with E-state index in [4.69, 9.17) is 14.2 Å². The molecule has 8 heteroatoms. The molecule has 1 spiro atoms. The van der Waals surface area contributed by atoms with E-state index < -0.39 is 11.6 Å². The molecule has 0 aromatic carbocycles. The van der Waals surface area contributed by atoms with Crippen LogP contribution < -0.4 is 0 Å². The first-order valence-electron chi connectivity index (χ1n) is 13.0. The Morgan fingerprint density at radius 1 is 1.12 bits per heavy atom. The Hall–Kier alpha value is -1.38. The summed E-state index contributed by atoms with van der Waals surface area (Å²) in [6, 6.07) is -0.198. The molecule has 0 aromatic heterocycles. The van der Waals surface area contributed by atoms with Crippen molar-refractivity contribution in [2.45, 2.75) is 88.3 Å². The summed E-state index contributed by atoms with van der Waals surface area (Å²) in [5.74, 6) is 0.785. The minimum Gasteiger partial charge on any atom is -0.441 e. The van der Waals surface area contributed by atoms with Crippen molar-refractivity contribution in [3.63, 3.8) is 0 Å². The van der Waals surface area contributed by atoms with Crippen LogP contribution in [0.2, 0.25) is 0 Å². The van der Waals surface area contributed by atoms with Gasteiger partial charge in [0.25, 0.3) is 0 Å². The number of ether oxygens (including phenoxy) is 3. The molecule has 4 heterocycles. The molecule has 1 saturated carbocycles. The third-order valence-electron chi connectivity index (χ3n) is 9.35. The summed E-state index contributed by atoms with van der Waals surface area (Å²) >= 11 is 0. The van der Waals surface area contributed by atoms with Crippen LogP contribution in [-0.2, 0) is 19.0 Å². The number of amides is 2. The number of carbonyl (C=O) groups excluding carboxylic acids is 2. The van der Waals surface area contributed by atoms with E-state index in [-0.39, 0.29) is 42.8 Å². The average Bonchev–Trinajstić information content (AvgIpc) is 3.21. The summed E-state index contributed by atoms with van der Waals surface area (Å²) in [6.07, 6.45) is 10.3. The maximum atomic E-state index is 13.7. The van der Waals surface area contributed by atoms with Crippen molar-refractivity contribution in [1.82, 2.24) is 9.80 Å². The van der Waals surface area contributed by atoms with Crippen molar-refractivity contribution >= 4 is 12.0 Å². The second kappa shape index (κ2) is 9.34. The lowest BCUT2D eigenvalue weighted by molar-refractivity contribution is -0.186. The topological polar surface area (TPSA) is 88.5 Å². The molecule has 6 atom stereocenters. The van der Waals surface area contributed by atoms with Crippen LogP contribution in [0.25, 0.3) is 0 Å². The lowest BCUT2D eigenvalue weighted by Crippen LogP contribution is -2.76. The minimum absolute atomic E-state index is 0.185. The molecule has 33 heavy (non-hydrogen) atoms. The molecule has 4 aliphatic heterocycles. The summed E-state index contributed by atoms with van der Waals surface area (Å²) < 4.78 is 17.1. The molecule has 4 bridgehead atoms. The van der Waals surface area contributed by atoms with Gasteiger partial charge in [0.05, 0.1) is 19.3 Å². The zero-order valence-corrected chi connectivity index (χ0v) is 20.0. The molecule has 2 amide bonds. The Labute approximate surface area is 196 Å². The Bertz CT molecular complexity index is 748. The zero-order chi connectivity index (χ0) is 23.1. The fraction of sp³-hybridized carbons (Fsp3) is 0.920. The number of nitrogens with zero attached hydrogens (tertiary/aromatic N) is 2. The second-order valence-corrected chi connectivity index (χ2v) is 11.0. The molecule has 0 aromatic rings. The highest BCUT2D eigenvalue weighted by atomic mass is 16.7. The first-order valence-corrected chi connectivity index (χ1v) is 13.0. The van der Waals surface area contributed by atoms with Crippen LogP contribution in [0.1, 0.15) is 70.6 Å². The zero-order valence-electron chi connectivity index (χ0n) is 20.0. The molecule has 0 radical (unpaired) electrons. The Balaban J connectivity index is 1.61. The van der Waals surface area contributed by atoms with Crippen LogP contribution >= 0.6 is 0 Å². The lowest BCUT2D eigenvalue weighted by Gasteiger charge is -2.63. The predicted octanol–water partition coefficient (Wildman–Crippen LogP) is 2.92. The highest BCUT2D eigenvalue weighted by Gasteiger charge is 2.77. The van der Waals surface area contributed by atoms with Crippen LogP contribution in [0.3, 0.4) is 0 Å². The first-order chi connectivity index (χ1) is 16.1. The second-order valence-electron chi connectivity index (χ2n) is 11.0. The quantitative estimate of drug-likeness (QED) is 0.497. The molecule has 5 fully saturated rings. The van der Waals surface area contributed by atoms with Gasteiger partial charge in [0, 0.05) is 32.0 Å². The molecule has 4 saturated heterocycles. The van der Waals surface area contributed by atoms with E-state index in [0.29, 0.717) is 25.5 Å². The molecular weight excluding hydrogens is 424 g/mol. The van der Waals surface area contributed by atoms with Gasteiger partial charge in [-0.25, -0.2) is 4.79 Å². The number of piperidine rings is 1. The van der Waals surface area contributed by atoms with Crippen LogP contribution in [0.5, 0.6) is 0 Å². The van der Waals surface area contributed by atoms with Crippen molar-refractivity contribution < 1.29 is 28.9 Å². The number of methoxy groups -OCH3 is 1. The van der Waals surface area contributed by atoms with E-state index in [2.05, 4.69) is 4.90 Å². The maximum Gasteiger partial charge on any atom is 0.410 e. The van der Waals surface area contributed by atoms with Gasteiger partial charge >= 0.3 is 6.09 Å². The highest BCUT2D eigenvalue weighted by Crippen LogP contribution is 2.65. The van der Waals surface area contributed by atoms with E-state index in [1.54, 1.807) is 7.11 Å². The summed E-state index contributed by atoms with van der Waals surface area (Å²) in [7, 11) is 1.63. The normalized spacial score (nSPS) is 41.2. The SMILES string of the molecule is COCOC[C@]12CCCCCCCCCC(=O)N3CC[C@@H]4[C@H](CN5C(=O)O[C@H](CO)[C@@]45[C@@H]31)C2. The van der Waals surface area contributed by atoms with Crippen LogP contribution in [0.15, 0.2) is 0 Å². The fourth-order valence-electron chi connectivity index (χ4n) is 8.34. The van der Waals surface area contributed by atoms with Gasteiger partial charge in [-0.1, -0.05) is 38.5 Å². The smallest absolute Gasteiger partial charge is 0.410 e. The average molecular weight is 465 g/mol. The minimum atomic E-state index is -0.654. The van der Waals surface area contributed by atoms with Gasteiger partial charge in [-0.3, -0.25) is 9.69 Å². The van der Waals surface area contributed by atoms with Crippen LogP contribution in [0, 0.1) is 17.3 Å². The summed E-state index contributed by atoms with van der Waals surface area (Å²) in [5, 5.41) is 10.4. The molecule has 8 nitrogen and oxygen atoms in total. The van der Waals surface area contributed by atoms with Crippen LogP contribution in [-0.4, -0.2) is 84.8 Å². The molecule has 1 N–H and O–H groups in total. The number of rotatable bonds is 5. The molecule has 1 aliphatic carbocycles. The van der Waals surface area contributed by atoms with Crippen LogP contribution in [0.4, 0.5) is 4.79 Å². The van der Waals surface area contributed by atoms with Gasteiger partial charge in [0.1, 0.15) is 12.3 Å². The summed E-state index contributed by atoms with van der Waals surface area (Å²) in [4.78, 5) is 30.7. The Morgan fingerprint density at radius 3 is 2.64 bits per heavy atom. The number of aliphatic hydroxyl groups excluding tert-OH is 1. The number of carbonyl (C=O) groups is 2. The van der Waals surface area contributed by atoms with Crippen molar-refractivity contribution in [2.24, 2.45) is 17.3 Å². The number of hydrogen-bond acceptors (Lipinski definition) is 6. The van der Waals surface area contributed by atoms with Gasteiger partial charge in [-0.05, 0) is 37.5 Å². The van der Waals surface area contributed by atoms with E-state index in [1.165, 1.54) is 25.7 Å². The number of aliphatic hydroxyl groups is 1. The monoisotopic (exact) mass is 464 g/mol. The Kier molecular flexibility index (Phi) is 6.62. The van der Waals surface area contributed by atoms with Gasteiger partial charge in [-0.15, -0.1) is 0 Å². The van der Waals surface area contributed by atoms with Gasteiger partial charge in [0.15, 0.2) is 6.10 Å². The van der Waals surface area contributed by atoms with Crippen molar-refractivity contribution in [1.29, 1.82) is 0 Å². The van der Waals surface area contributed by atoms with Gasteiger partial charge in [-0.2, -0.15) is 0 Å². The third-order valence-corrected chi connectivity index (χ3v) is 9.35. The number of cyclic esters (lactones) is 1. The van der Waals surface area contributed by atoms with E-state index in [9.17, 15) is 14.7 Å². The molecular formula is C25H40N2O6. The third kappa shape index (κ3) is 3.59. The maximum absolute atomic E-state index is 13.7.